The summed E-state index contributed by atoms with van der Waals surface area (Å²) in [5.41, 5.74) is 0. The van der Waals surface area contributed by atoms with Crippen LogP contribution in [0, 0.1) is 0 Å². The molecule has 27 valence electrons. The molecule has 4 heteroatoms. The van der Waals surface area contributed by atoms with E-state index >= 15 is 0 Å². The second-order valence-corrected chi connectivity index (χ2v) is 0. The van der Waals surface area contributed by atoms with E-state index in [2.05, 4.69) is 0 Å². The molecule has 0 N–H and O–H groups in total. The van der Waals surface area contributed by atoms with Crippen molar-refractivity contribution < 1.29 is 54.9 Å². The van der Waals surface area contributed by atoms with Crippen molar-refractivity contribution in [1.29, 1.82) is 0 Å². The van der Waals surface area contributed by atoms with E-state index < -0.39 is 0 Å². The third kappa shape index (κ3) is 9.37. The largest absolute Gasteiger partial charge is 0 e. The number of hydrogen-bond donors (Lipinski definition) is 0. The van der Waals surface area contributed by atoms with Crippen molar-refractivity contribution in [2.75, 3.05) is 0 Å². The molecule has 3 radical (unpaired) electrons. The summed E-state index contributed by atoms with van der Waals surface area (Å²) in [7, 11) is 0. The van der Waals surface area contributed by atoms with Gasteiger partial charge in [0, 0.05) is 61.1 Å². The van der Waals surface area contributed by atoms with Gasteiger partial charge in [-0.05, 0) is 0 Å². The van der Waals surface area contributed by atoms with E-state index in [9.17, 15) is 0 Å². The van der Waals surface area contributed by atoms with Crippen molar-refractivity contribution in [1.82, 2.24) is 6.15 Å². The molecule has 0 rings (SSSR count). The minimum absolute atomic E-state index is 0. The maximum Gasteiger partial charge on any atom is 0 e. The average molecular weight is 221 g/mol. The molecule has 0 saturated carbocycles. The molecule has 0 aromatic heterocycles. The summed E-state index contributed by atoms with van der Waals surface area (Å²) in [6, 6.07) is 0. The van der Waals surface area contributed by atoms with Gasteiger partial charge >= 0.3 is 0 Å². The normalized spacial score (nSPS) is 0. The molecule has 0 bridgehead atoms. The van der Waals surface area contributed by atoms with E-state index in [1.807, 2.05) is 0 Å². The van der Waals surface area contributed by atoms with Crippen molar-refractivity contribution in [2.24, 2.45) is 0 Å². The van der Waals surface area contributed by atoms with Gasteiger partial charge in [0.05, 0.1) is 0 Å². The summed E-state index contributed by atoms with van der Waals surface area (Å²) in [6.45, 7) is 0. The fraction of sp³-hybridized carbons (Fsp3) is 0. The van der Waals surface area contributed by atoms with Crippen molar-refractivity contribution in [3.63, 3.8) is 0 Å². The van der Waals surface area contributed by atoms with Crippen molar-refractivity contribution in [2.45, 2.75) is 0 Å². The predicted octanol–water partition coefficient (Wildman–Crippen LogP) is -0.488. The molecule has 0 aromatic carbocycles. The van der Waals surface area contributed by atoms with Gasteiger partial charge in [0.15, 0.2) is 0 Å². The van der Waals surface area contributed by atoms with Crippen LogP contribution in [0.25, 0.3) is 0 Å². The van der Waals surface area contributed by atoms with E-state index in [0.717, 1.165) is 0 Å². The Kier molecular flexibility index (Phi) is 249. The molecule has 0 atom stereocenters. The Bertz CT molecular complexity index is 8.00. The van der Waals surface area contributed by atoms with E-state index in [-0.39, 0.29) is 61.1 Å². The van der Waals surface area contributed by atoms with Crippen LogP contribution in [0.4, 0.5) is 0 Å². The quantitative estimate of drug-likeness (QED) is 0.494. The van der Waals surface area contributed by atoms with Gasteiger partial charge in [0.25, 0.3) is 0 Å². The van der Waals surface area contributed by atoms with Gasteiger partial charge in [-0.15, -0.1) is 0 Å². The van der Waals surface area contributed by atoms with Gasteiger partial charge in [-0.3, -0.25) is 0 Å². The SMILES string of the molecule is [Cr].[Mo].[N].[Ni]. The molecule has 0 aliphatic heterocycles. The maximum absolute atomic E-state index is 0. The first-order chi connectivity index (χ1) is 0. The van der Waals surface area contributed by atoms with Crippen molar-refractivity contribution in [3.8, 4) is 0 Å². The molecule has 0 unspecified atom stereocenters. The fourth-order valence-corrected chi connectivity index (χ4v) is 0. The molecule has 0 aromatic rings. The average Bonchev–Trinajstić information content (AvgIpc) is 0. The number of nitrogens with zero attached hydrogens (tertiary/aromatic N) is 1. The Balaban J connectivity index is 0. The molecule has 0 amide bonds. The molecule has 1 nitrogen and oxygen atoms in total. The molecule has 0 aliphatic rings. The monoisotopic (exact) mass is 222 g/mol. The molecule has 4 heavy (non-hydrogen) atoms. The van der Waals surface area contributed by atoms with Gasteiger partial charge in [-0.2, -0.15) is 0 Å². The summed E-state index contributed by atoms with van der Waals surface area (Å²) in [5, 5.41) is 0. The maximum atomic E-state index is 0. The molecule has 0 fully saturated rings. The Morgan fingerprint density at radius 3 is 1.00 bits per heavy atom. The summed E-state index contributed by atoms with van der Waals surface area (Å²) < 4.78 is 0. The van der Waals surface area contributed by atoms with E-state index in [1.54, 1.807) is 0 Å². The third-order valence-corrected chi connectivity index (χ3v) is 0. The van der Waals surface area contributed by atoms with Crippen molar-refractivity contribution in [3.05, 3.63) is 0 Å². The standard InChI is InChI=1S/Cr.Mo.N.Ni. The third-order valence-electron chi connectivity index (χ3n) is 0. The molecular weight excluding hydrogens is 221 g/mol. The Hall–Kier alpha value is 1.67. The van der Waals surface area contributed by atoms with Gasteiger partial charge in [0.2, 0.25) is 0 Å². The van der Waals surface area contributed by atoms with Gasteiger partial charge in [-0.25, -0.2) is 0 Å². The zero-order chi connectivity index (χ0) is 0. The second-order valence-electron chi connectivity index (χ2n) is 0. The van der Waals surface area contributed by atoms with Crippen LogP contribution in [0.5, 0.6) is 0 Å². The van der Waals surface area contributed by atoms with Crippen LogP contribution < -0.4 is 6.15 Å². The zero-order valence-corrected chi connectivity index (χ0v) is 5.85. The van der Waals surface area contributed by atoms with Crippen LogP contribution in [0.1, 0.15) is 0 Å². The number of hydrogen-bond acceptors (Lipinski definition) is 0. The van der Waals surface area contributed by atoms with E-state index in [1.165, 1.54) is 0 Å². The Labute approximate surface area is 60.8 Å². The Morgan fingerprint density at radius 2 is 1.00 bits per heavy atom. The smallest absolute Gasteiger partial charge is 0 e. The fourth-order valence-electron chi connectivity index (χ4n) is 0. The first kappa shape index (κ1) is 44.2. The van der Waals surface area contributed by atoms with Crippen LogP contribution in [0.3, 0.4) is 0 Å². The predicted molar refractivity (Wildman–Crippen MR) is 2.13 cm³/mol. The Morgan fingerprint density at radius 1 is 1.00 bits per heavy atom. The van der Waals surface area contributed by atoms with E-state index in [4.69, 9.17) is 0 Å². The topological polar surface area (TPSA) is 30.5 Å². The summed E-state index contributed by atoms with van der Waals surface area (Å²) in [5.74, 6) is 0. The molecule has 0 aliphatic carbocycles. The molecule has 0 heterocycles. The first-order valence-electron chi connectivity index (χ1n) is 0. The van der Waals surface area contributed by atoms with Crippen LogP contribution in [0.2, 0.25) is 0 Å². The van der Waals surface area contributed by atoms with Crippen LogP contribution >= 0.6 is 0 Å². The second kappa shape index (κ2) is 22.5. The van der Waals surface area contributed by atoms with Crippen LogP contribution in [-0.2, 0) is 54.9 Å². The van der Waals surface area contributed by atoms with Gasteiger partial charge in [0.1, 0.15) is 0 Å². The van der Waals surface area contributed by atoms with Gasteiger partial charge < -0.3 is 0 Å². The van der Waals surface area contributed by atoms with Gasteiger partial charge in [-0.1, -0.05) is 0 Å². The molecular formula is CrMoNNi. The van der Waals surface area contributed by atoms with E-state index in [0.29, 0.717) is 0 Å². The number of rotatable bonds is 0. The van der Waals surface area contributed by atoms with Crippen LogP contribution in [0.15, 0.2) is 0 Å². The van der Waals surface area contributed by atoms with Crippen molar-refractivity contribution >= 4 is 0 Å². The zero-order valence-electron chi connectivity index (χ0n) is 1.58. The minimum atomic E-state index is 0. The molecule has 0 spiro atoms. The van der Waals surface area contributed by atoms with Crippen LogP contribution in [-0.4, -0.2) is 0 Å². The summed E-state index contributed by atoms with van der Waals surface area (Å²) >= 11 is 0. The minimum Gasteiger partial charge on any atom is 0 e. The first-order valence-corrected chi connectivity index (χ1v) is 0. The molecule has 0 saturated heterocycles. The summed E-state index contributed by atoms with van der Waals surface area (Å²) in [4.78, 5) is 0. The summed E-state index contributed by atoms with van der Waals surface area (Å²) in [6.07, 6.45) is 0.